The summed E-state index contributed by atoms with van der Waals surface area (Å²) in [5, 5.41) is 7.40. The van der Waals surface area contributed by atoms with Gasteiger partial charge in [0, 0.05) is 21.9 Å². The Morgan fingerprint density at radius 2 is 1.60 bits per heavy atom. The first kappa shape index (κ1) is 26.0. The van der Waals surface area contributed by atoms with Gasteiger partial charge in [-0.25, -0.2) is 0 Å². The Kier molecular flexibility index (Phi) is 10.4. The fourth-order valence-corrected chi connectivity index (χ4v) is 2.72. The van der Waals surface area contributed by atoms with Crippen molar-refractivity contribution in [3.05, 3.63) is 36.5 Å². The Bertz CT molecular complexity index is 754. The van der Waals surface area contributed by atoms with Crippen LogP contribution >= 0.6 is 0 Å². The summed E-state index contributed by atoms with van der Waals surface area (Å²) < 4.78 is 86.2. The van der Waals surface area contributed by atoms with Crippen LogP contribution in [0.4, 0.5) is 26.3 Å². The number of rotatable bonds is 8. The van der Waals surface area contributed by atoms with E-state index in [1.807, 2.05) is 18.2 Å². The van der Waals surface area contributed by atoms with Crippen molar-refractivity contribution in [1.82, 2.24) is 14.6 Å². The van der Waals surface area contributed by atoms with Crippen LogP contribution in [-0.2, 0) is 17.8 Å². The highest BCUT2D eigenvalue weighted by molar-refractivity contribution is 7.76. The first-order valence-corrected chi connectivity index (χ1v) is 10.0. The summed E-state index contributed by atoms with van der Waals surface area (Å²) in [5.74, 6) is 0. The van der Waals surface area contributed by atoms with Crippen molar-refractivity contribution < 1.29 is 39.8 Å². The van der Waals surface area contributed by atoms with Crippen molar-refractivity contribution in [2.75, 3.05) is 0 Å². The highest BCUT2D eigenvalue weighted by atomic mass is 32.2. The second kappa shape index (κ2) is 12.0. The highest BCUT2D eigenvalue weighted by Crippen LogP contribution is 2.34. The zero-order chi connectivity index (χ0) is 22.8. The third kappa shape index (κ3) is 9.22. The lowest BCUT2D eigenvalue weighted by Crippen LogP contribution is -2.48. The zero-order valence-corrected chi connectivity index (χ0v) is 16.9. The molecule has 1 atom stereocenters. The van der Waals surface area contributed by atoms with Gasteiger partial charge in [0.2, 0.25) is 5.69 Å². The number of halogens is 6. The molecule has 1 unspecified atom stereocenters. The van der Waals surface area contributed by atoms with Crippen LogP contribution in [-0.4, -0.2) is 36.0 Å². The average molecular weight is 460 g/mol. The van der Waals surface area contributed by atoms with Crippen LogP contribution in [0.2, 0.25) is 0 Å². The largest absolute Gasteiger partial charge is 0.759 e. The molecule has 1 aromatic carbocycles. The van der Waals surface area contributed by atoms with E-state index in [2.05, 4.69) is 40.2 Å². The van der Waals surface area contributed by atoms with E-state index in [-0.39, 0.29) is 0 Å². The molecule has 0 aliphatic carbocycles. The monoisotopic (exact) mass is 460 g/mol. The topological polar surface area (TPSA) is 75.9 Å². The van der Waals surface area contributed by atoms with E-state index in [1.54, 1.807) is 0 Å². The number of H-pyrrole nitrogens is 1. The second-order valence-electron chi connectivity index (χ2n) is 6.15. The predicted molar refractivity (Wildman–Crippen MR) is 95.8 cm³/mol. The molecule has 13 heteroatoms. The molecule has 0 amide bonds. The summed E-state index contributed by atoms with van der Waals surface area (Å²) in [7, 11) is 0. The molecule has 0 aliphatic heterocycles. The van der Waals surface area contributed by atoms with Crippen LogP contribution < -0.4 is 4.68 Å². The number of aromatic nitrogens is 3. The van der Waals surface area contributed by atoms with E-state index in [4.69, 9.17) is 0 Å². The second-order valence-corrected chi connectivity index (χ2v) is 6.95. The molecule has 6 nitrogen and oxygen atoms in total. The van der Waals surface area contributed by atoms with Crippen LogP contribution in [0, 0.1) is 0 Å². The molecule has 0 bridgehead atoms. The fraction of sp³-hybridized carbons (Fsp3) is 0.529. The van der Waals surface area contributed by atoms with E-state index < -0.39 is 28.2 Å². The molecule has 30 heavy (non-hydrogen) atoms. The quantitative estimate of drug-likeness (QED) is 0.208. The number of aryl methyl sites for hydroxylation is 1. The van der Waals surface area contributed by atoms with Crippen molar-refractivity contribution in [1.29, 1.82) is 0 Å². The van der Waals surface area contributed by atoms with Crippen LogP contribution in [0.25, 0.3) is 11.3 Å². The van der Waals surface area contributed by atoms with Crippen molar-refractivity contribution >= 4 is 11.3 Å². The number of hydrogen-bond donors (Lipinski definition) is 1. The molecule has 170 valence electrons. The number of alkyl halides is 6. The molecule has 1 aromatic heterocycles. The molecular formula is C17H22F6N4O2S. The molecule has 1 heterocycles. The molecule has 0 radical (unpaired) electrons. The number of hydrogen-bond acceptors (Lipinski definition) is 3. The fourth-order valence-electron chi connectivity index (χ4n) is 2.38. The third-order valence-corrected chi connectivity index (χ3v) is 4.47. The van der Waals surface area contributed by atoms with Crippen molar-refractivity contribution in [3.63, 3.8) is 0 Å². The lowest BCUT2D eigenvalue weighted by molar-refractivity contribution is -0.753. The van der Waals surface area contributed by atoms with E-state index in [1.165, 1.54) is 37.7 Å². The van der Waals surface area contributed by atoms with E-state index in [9.17, 15) is 35.1 Å². The minimum Gasteiger partial charge on any atom is -0.759 e. The first-order valence-electron chi connectivity index (χ1n) is 9.00. The minimum absolute atomic E-state index is 1.02. The Labute approximate surface area is 172 Å². The minimum atomic E-state index is -5.98. The van der Waals surface area contributed by atoms with Gasteiger partial charge in [-0.05, 0) is 17.1 Å². The van der Waals surface area contributed by atoms with Crippen LogP contribution in [0.3, 0.4) is 0 Å². The standard InChI is InChI=1S/C15H21N3.C2HF6NO2S/c1-2-3-4-5-9-12-18-13-15(16-17-18)14-10-7-6-8-11-14;3-1(4,5)9(12(10)11)2(6,7)8/h6-8,10-11,13H,2-5,9,12H2,1H3;(H,10,11). The van der Waals surface area contributed by atoms with Gasteiger partial charge in [0.05, 0.1) is 0 Å². The molecule has 0 saturated carbocycles. The van der Waals surface area contributed by atoms with Gasteiger partial charge in [0.25, 0.3) is 0 Å². The van der Waals surface area contributed by atoms with E-state index >= 15 is 0 Å². The summed E-state index contributed by atoms with van der Waals surface area (Å²) in [6.07, 6.45) is -3.35. The third-order valence-electron chi connectivity index (χ3n) is 3.76. The number of benzene rings is 1. The Balaban J connectivity index is 0.000000329. The summed E-state index contributed by atoms with van der Waals surface area (Å²) in [5.41, 5.74) is 2.18. The molecule has 0 spiro atoms. The number of nitrogens with zero attached hydrogens (tertiary/aromatic N) is 3. The van der Waals surface area contributed by atoms with Gasteiger partial charge in [0.1, 0.15) is 6.54 Å². The van der Waals surface area contributed by atoms with Gasteiger partial charge in [-0.15, -0.1) is 0 Å². The van der Waals surface area contributed by atoms with Crippen LogP contribution in [0.15, 0.2) is 36.5 Å². The molecular weight excluding hydrogens is 438 g/mol. The van der Waals surface area contributed by atoms with Gasteiger partial charge < -0.3 is 4.55 Å². The molecule has 1 N–H and O–H groups in total. The van der Waals surface area contributed by atoms with Crippen molar-refractivity contribution in [2.45, 2.75) is 58.2 Å². The van der Waals surface area contributed by atoms with Crippen molar-refractivity contribution in [3.8, 4) is 11.3 Å². The number of nitrogens with one attached hydrogen (secondary N) is 1. The lowest BCUT2D eigenvalue weighted by atomic mass is 10.1. The van der Waals surface area contributed by atoms with Crippen LogP contribution in [0.5, 0.6) is 0 Å². The summed E-state index contributed by atoms with van der Waals surface area (Å²) in [4.78, 5) is 0. The summed E-state index contributed by atoms with van der Waals surface area (Å²) >= 11 is -4.41. The van der Waals surface area contributed by atoms with Gasteiger partial charge in [-0.3, -0.25) is 4.21 Å². The molecule has 0 saturated heterocycles. The van der Waals surface area contributed by atoms with Gasteiger partial charge in [0.15, 0.2) is 6.20 Å². The van der Waals surface area contributed by atoms with E-state index in [0.29, 0.717) is 0 Å². The Hall–Kier alpha value is -1.99. The van der Waals surface area contributed by atoms with Crippen LogP contribution in [0.1, 0.15) is 39.0 Å². The van der Waals surface area contributed by atoms with E-state index in [0.717, 1.165) is 12.2 Å². The zero-order valence-electron chi connectivity index (χ0n) is 16.0. The Morgan fingerprint density at radius 1 is 1.03 bits per heavy atom. The SMILES string of the molecule is CCCCCCC[n+]1cc(-c2ccccc2)n[nH]1.O=S([O-])N(C(F)(F)F)C(F)(F)F. The summed E-state index contributed by atoms with van der Waals surface area (Å²) in [6.45, 7) is 3.28. The maximum Gasteiger partial charge on any atom is 0.477 e. The molecule has 2 aromatic rings. The lowest BCUT2D eigenvalue weighted by Gasteiger charge is -2.27. The number of unbranched alkanes of at least 4 members (excludes halogenated alkanes) is 4. The normalized spacial score (nSPS) is 13.1. The molecule has 0 aliphatic rings. The van der Waals surface area contributed by atoms with Gasteiger partial charge in [-0.2, -0.15) is 31.0 Å². The maximum absolute atomic E-state index is 11.3. The Morgan fingerprint density at radius 3 is 2.07 bits per heavy atom. The highest BCUT2D eigenvalue weighted by Gasteiger charge is 2.55. The first-order chi connectivity index (χ1) is 14.0. The molecule has 2 rings (SSSR count). The maximum atomic E-state index is 11.3. The van der Waals surface area contributed by atoms with Crippen molar-refractivity contribution in [2.24, 2.45) is 0 Å². The number of aromatic amines is 1. The predicted octanol–water partition coefficient (Wildman–Crippen LogP) is 4.46. The average Bonchev–Trinajstić information content (AvgIpc) is 3.09. The van der Waals surface area contributed by atoms with Gasteiger partial charge in [-0.1, -0.05) is 61.7 Å². The smallest absolute Gasteiger partial charge is 0.477 e. The summed E-state index contributed by atoms with van der Waals surface area (Å²) in [6, 6.07) is 10.3. The molecule has 0 fully saturated rings. The van der Waals surface area contributed by atoms with Gasteiger partial charge >= 0.3 is 12.6 Å².